The van der Waals surface area contributed by atoms with Gasteiger partial charge in [-0.2, -0.15) is 0 Å². The summed E-state index contributed by atoms with van der Waals surface area (Å²) in [6.45, 7) is 4.34. The Morgan fingerprint density at radius 2 is 1.73 bits per heavy atom. The summed E-state index contributed by atoms with van der Waals surface area (Å²) in [6, 6.07) is 0. The maximum absolute atomic E-state index is 8.19. The molecule has 4 nitrogen and oxygen atoms in total. The molecule has 0 atom stereocenters. The molecule has 15 heavy (non-hydrogen) atoms. The Morgan fingerprint density at radius 1 is 1.13 bits per heavy atom. The minimum atomic E-state index is 0.655. The molecule has 4 heteroatoms. The molecule has 0 aromatic heterocycles. The van der Waals surface area contributed by atoms with Crippen LogP contribution in [0.2, 0.25) is 0 Å². The van der Waals surface area contributed by atoms with E-state index >= 15 is 0 Å². The maximum atomic E-state index is 8.19. The van der Waals surface area contributed by atoms with E-state index in [1.165, 1.54) is 38.8 Å². The quantitative estimate of drug-likeness (QED) is 0.262. The molecule has 2 fully saturated rings. The molecule has 0 aliphatic heterocycles. The summed E-state index contributed by atoms with van der Waals surface area (Å²) in [6.07, 6.45) is 6.73. The zero-order valence-corrected chi connectivity index (χ0v) is 9.31. The summed E-state index contributed by atoms with van der Waals surface area (Å²) in [5.41, 5.74) is 8.19. The fraction of sp³-hybridized carbons (Fsp3) is 1.00. The topological polar surface area (TPSA) is 52.0 Å². The van der Waals surface area contributed by atoms with Crippen LogP contribution in [0.5, 0.6) is 0 Å². The van der Waals surface area contributed by atoms with Gasteiger partial charge in [0.1, 0.15) is 0 Å². The highest BCUT2D eigenvalue weighted by molar-refractivity contribution is 4.82. The van der Waals surface area contributed by atoms with Crippen LogP contribution in [0.4, 0.5) is 0 Å². The lowest BCUT2D eigenvalue weighted by atomic mass is 10.3. The Labute approximate surface area is 91.3 Å². The zero-order chi connectivity index (χ0) is 10.5. The summed E-state index contributed by atoms with van der Waals surface area (Å²) in [5, 5.41) is 3.59. The van der Waals surface area contributed by atoms with Crippen molar-refractivity contribution in [1.82, 2.24) is 4.90 Å². The second kappa shape index (κ2) is 5.38. The first kappa shape index (κ1) is 10.8. The van der Waals surface area contributed by atoms with Crippen molar-refractivity contribution in [1.29, 1.82) is 0 Å². The van der Waals surface area contributed by atoms with Crippen LogP contribution in [0.15, 0.2) is 5.11 Å². The monoisotopic (exact) mass is 208 g/mol. The molecule has 0 amide bonds. The highest BCUT2D eigenvalue weighted by atomic mass is 15.1. The van der Waals surface area contributed by atoms with E-state index in [-0.39, 0.29) is 0 Å². The standard InChI is InChI=1S/C11H20N4/c12-14-13-6-1-7-15(8-10-2-3-10)9-11-4-5-11/h10-11H,1-9H2. The van der Waals surface area contributed by atoms with Crippen LogP contribution in [0.25, 0.3) is 10.4 Å². The fourth-order valence-corrected chi connectivity index (χ4v) is 2.00. The van der Waals surface area contributed by atoms with Gasteiger partial charge in [0.2, 0.25) is 0 Å². The van der Waals surface area contributed by atoms with E-state index in [0.717, 1.165) is 24.8 Å². The molecule has 0 N–H and O–H groups in total. The lowest BCUT2D eigenvalue weighted by Gasteiger charge is -2.21. The van der Waals surface area contributed by atoms with Gasteiger partial charge in [-0.05, 0) is 56.0 Å². The molecule has 0 saturated heterocycles. The molecule has 2 aliphatic carbocycles. The van der Waals surface area contributed by atoms with Crippen molar-refractivity contribution in [3.05, 3.63) is 10.4 Å². The third-order valence-corrected chi connectivity index (χ3v) is 3.22. The first-order chi connectivity index (χ1) is 7.38. The highest BCUT2D eigenvalue weighted by Crippen LogP contribution is 2.33. The van der Waals surface area contributed by atoms with Crippen LogP contribution >= 0.6 is 0 Å². The van der Waals surface area contributed by atoms with Crippen LogP contribution < -0.4 is 0 Å². The summed E-state index contributed by atoms with van der Waals surface area (Å²) in [4.78, 5) is 5.37. The van der Waals surface area contributed by atoms with Crippen molar-refractivity contribution < 1.29 is 0 Å². The predicted molar refractivity (Wildman–Crippen MR) is 60.5 cm³/mol. The first-order valence-corrected chi connectivity index (χ1v) is 6.11. The fourth-order valence-electron chi connectivity index (χ4n) is 2.00. The van der Waals surface area contributed by atoms with Crippen molar-refractivity contribution >= 4 is 0 Å². The van der Waals surface area contributed by atoms with Crippen molar-refractivity contribution in [3.8, 4) is 0 Å². The molecule has 0 spiro atoms. The molecule has 0 radical (unpaired) electrons. The van der Waals surface area contributed by atoms with Crippen molar-refractivity contribution in [2.75, 3.05) is 26.2 Å². The van der Waals surface area contributed by atoms with Crippen LogP contribution in [-0.4, -0.2) is 31.1 Å². The van der Waals surface area contributed by atoms with Gasteiger partial charge in [-0.25, -0.2) is 0 Å². The first-order valence-electron chi connectivity index (χ1n) is 6.11. The van der Waals surface area contributed by atoms with E-state index in [1.807, 2.05) is 0 Å². The van der Waals surface area contributed by atoms with Crippen LogP contribution in [0.3, 0.4) is 0 Å². The van der Waals surface area contributed by atoms with E-state index in [1.54, 1.807) is 0 Å². The molecule has 0 heterocycles. The molecular weight excluding hydrogens is 188 g/mol. The molecule has 0 unspecified atom stereocenters. The van der Waals surface area contributed by atoms with E-state index in [2.05, 4.69) is 14.9 Å². The summed E-state index contributed by atoms with van der Waals surface area (Å²) in [7, 11) is 0. The molecule has 0 aromatic rings. The van der Waals surface area contributed by atoms with Gasteiger partial charge in [-0.1, -0.05) is 5.11 Å². The van der Waals surface area contributed by atoms with E-state index in [9.17, 15) is 0 Å². The number of rotatable bonds is 8. The van der Waals surface area contributed by atoms with E-state index < -0.39 is 0 Å². The van der Waals surface area contributed by atoms with Crippen LogP contribution in [-0.2, 0) is 0 Å². The number of hydrogen-bond donors (Lipinski definition) is 0. The van der Waals surface area contributed by atoms with Gasteiger partial charge in [-0.15, -0.1) is 0 Å². The Balaban J connectivity index is 1.63. The summed E-state index contributed by atoms with van der Waals surface area (Å²) < 4.78 is 0. The van der Waals surface area contributed by atoms with Gasteiger partial charge in [-0.3, -0.25) is 0 Å². The van der Waals surface area contributed by atoms with E-state index in [4.69, 9.17) is 5.53 Å². The lowest BCUT2D eigenvalue weighted by Crippen LogP contribution is -2.29. The molecular formula is C11H20N4. The SMILES string of the molecule is [N-]=[N+]=NCCCN(CC1CC1)CC1CC1. The average Bonchev–Trinajstić information content (AvgIpc) is 3.07. The third kappa shape index (κ3) is 4.54. The van der Waals surface area contributed by atoms with Gasteiger partial charge >= 0.3 is 0 Å². The Hall–Kier alpha value is -0.730. The lowest BCUT2D eigenvalue weighted by molar-refractivity contribution is 0.251. The summed E-state index contributed by atoms with van der Waals surface area (Å²) >= 11 is 0. The van der Waals surface area contributed by atoms with Crippen molar-refractivity contribution in [2.45, 2.75) is 32.1 Å². The molecule has 0 bridgehead atoms. The predicted octanol–water partition coefficient (Wildman–Crippen LogP) is 2.81. The minimum absolute atomic E-state index is 0.655. The minimum Gasteiger partial charge on any atom is -0.303 e. The van der Waals surface area contributed by atoms with E-state index in [0.29, 0.717) is 6.54 Å². The Bertz CT molecular complexity index is 225. The number of hydrogen-bond acceptors (Lipinski definition) is 2. The molecule has 2 saturated carbocycles. The normalized spacial score (nSPS) is 20.3. The third-order valence-electron chi connectivity index (χ3n) is 3.22. The van der Waals surface area contributed by atoms with Crippen molar-refractivity contribution in [2.24, 2.45) is 17.0 Å². The smallest absolute Gasteiger partial charge is 0.0270 e. The zero-order valence-electron chi connectivity index (χ0n) is 9.31. The van der Waals surface area contributed by atoms with Crippen LogP contribution in [0, 0.1) is 11.8 Å². The largest absolute Gasteiger partial charge is 0.303 e. The van der Waals surface area contributed by atoms with Gasteiger partial charge in [0, 0.05) is 24.5 Å². The second-order valence-electron chi connectivity index (χ2n) is 4.95. The molecule has 84 valence electrons. The van der Waals surface area contributed by atoms with Gasteiger partial charge < -0.3 is 4.90 Å². The molecule has 2 aliphatic rings. The highest BCUT2D eigenvalue weighted by Gasteiger charge is 2.28. The number of azide groups is 1. The number of nitrogens with zero attached hydrogens (tertiary/aromatic N) is 4. The Kier molecular flexibility index (Phi) is 3.87. The summed E-state index contributed by atoms with van der Waals surface area (Å²) in [5.74, 6) is 1.95. The Morgan fingerprint density at radius 3 is 2.20 bits per heavy atom. The molecule has 0 aromatic carbocycles. The molecule has 2 rings (SSSR count). The second-order valence-corrected chi connectivity index (χ2v) is 4.95. The maximum Gasteiger partial charge on any atom is 0.0270 e. The van der Waals surface area contributed by atoms with Crippen LogP contribution in [0.1, 0.15) is 32.1 Å². The van der Waals surface area contributed by atoms with Gasteiger partial charge in [0.15, 0.2) is 0 Å². The average molecular weight is 208 g/mol. The van der Waals surface area contributed by atoms with Gasteiger partial charge in [0.25, 0.3) is 0 Å². The van der Waals surface area contributed by atoms with Crippen molar-refractivity contribution in [3.63, 3.8) is 0 Å². The van der Waals surface area contributed by atoms with Gasteiger partial charge in [0.05, 0.1) is 0 Å².